The highest BCUT2D eigenvalue weighted by atomic mass is 35.5. The normalized spacial score (nSPS) is 9.90. The molecule has 0 radical (unpaired) electrons. The highest BCUT2D eigenvalue weighted by Crippen LogP contribution is 2.11. The topological polar surface area (TPSA) is 66.2 Å². The standard InChI is InChI=1S/C7H8FNO.C6H5ClFNO/c1-5-7(8)2-6(4-10)3-9-5;7-6-5(8)1-4(3-10)2-9-6/h2-3,10H,4H2,1H3;1-2,10H,3H2. The van der Waals surface area contributed by atoms with Crippen LogP contribution in [0.4, 0.5) is 8.78 Å². The highest BCUT2D eigenvalue weighted by molar-refractivity contribution is 6.29. The first-order valence-corrected chi connectivity index (χ1v) is 5.98. The first-order chi connectivity index (χ1) is 9.47. The van der Waals surface area contributed by atoms with Gasteiger partial charge in [-0.15, -0.1) is 0 Å². The zero-order valence-electron chi connectivity index (χ0n) is 10.6. The Morgan fingerprint density at radius 3 is 1.95 bits per heavy atom. The number of aromatic nitrogens is 2. The maximum Gasteiger partial charge on any atom is 0.164 e. The first kappa shape index (κ1) is 16.4. The number of aryl methyl sites for hydroxylation is 1. The SMILES string of the molecule is Cc1ncc(CO)cc1F.OCc1cnc(Cl)c(F)c1. The van der Waals surface area contributed by atoms with Crippen LogP contribution in [0, 0.1) is 18.6 Å². The van der Waals surface area contributed by atoms with Gasteiger partial charge in [-0.25, -0.2) is 13.8 Å². The van der Waals surface area contributed by atoms with Crippen LogP contribution in [0.1, 0.15) is 16.8 Å². The van der Waals surface area contributed by atoms with E-state index in [0.717, 1.165) is 6.07 Å². The van der Waals surface area contributed by atoms with Gasteiger partial charge in [-0.3, -0.25) is 4.98 Å². The number of hydrogen-bond donors (Lipinski definition) is 2. The molecule has 0 saturated carbocycles. The molecule has 0 aromatic carbocycles. The summed E-state index contributed by atoms with van der Waals surface area (Å²) in [5.41, 5.74) is 1.28. The van der Waals surface area contributed by atoms with Gasteiger partial charge in [0, 0.05) is 12.4 Å². The Kier molecular flexibility index (Phi) is 6.44. The van der Waals surface area contributed by atoms with E-state index in [9.17, 15) is 8.78 Å². The van der Waals surface area contributed by atoms with Crippen LogP contribution in [0.25, 0.3) is 0 Å². The second-order valence-corrected chi connectivity index (χ2v) is 4.20. The Hall–Kier alpha value is -1.63. The molecule has 2 heterocycles. The lowest BCUT2D eigenvalue weighted by Gasteiger charge is -1.96. The molecule has 2 N–H and O–H groups in total. The van der Waals surface area contributed by atoms with Crippen molar-refractivity contribution in [2.45, 2.75) is 20.1 Å². The average molecular weight is 303 g/mol. The molecule has 108 valence electrons. The van der Waals surface area contributed by atoms with Gasteiger partial charge in [-0.1, -0.05) is 11.6 Å². The van der Waals surface area contributed by atoms with E-state index in [-0.39, 0.29) is 24.2 Å². The van der Waals surface area contributed by atoms with Crippen LogP contribution in [-0.2, 0) is 13.2 Å². The fraction of sp³-hybridized carbons (Fsp3) is 0.231. The predicted octanol–water partition coefficient (Wildman–Crippen LogP) is 2.39. The third-order valence-electron chi connectivity index (χ3n) is 2.30. The number of hydrogen-bond acceptors (Lipinski definition) is 4. The van der Waals surface area contributed by atoms with E-state index in [4.69, 9.17) is 21.8 Å². The molecule has 0 aliphatic heterocycles. The van der Waals surface area contributed by atoms with Gasteiger partial charge in [-0.05, 0) is 30.2 Å². The van der Waals surface area contributed by atoms with Gasteiger partial charge >= 0.3 is 0 Å². The number of aliphatic hydroxyl groups excluding tert-OH is 2. The van der Waals surface area contributed by atoms with Crippen LogP contribution in [0.5, 0.6) is 0 Å². The summed E-state index contributed by atoms with van der Waals surface area (Å²) < 4.78 is 25.1. The molecule has 0 aliphatic carbocycles. The lowest BCUT2D eigenvalue weighted by atomic mass is 10.2. The fourth-order valence-electron chi connectivity index (χ4n) is 1.18. The molecule has 4 nitrogen and oxygen atoms in total. The van der Waals surface area contributed by atoms with Gasteiger partial charge < -0.3 is 10.2 Å². The maximum atomic E-state index is 12.6. The lowest BCUT2D eigenvalue weighted by Crippen LogP contribution is -1.91. The minimum absolute atomic E-state index is 0.163. The van der Waals surface area contributed by atoms with Crippen molar-refractivity contribution in [2.24, 2.45) is 0 Å². The molecule has 0 amide bonds. The molecule has 0 bridgehead atoms. The molecule has 0 unspecified atom stereocenters. The number of rotatable bonds is 2. The smallest absolute Gasteiger partial charge is 0.164 e. The largest absolute Gasteiger partial charge is 0.392 e. The maximum absolute atomic E-state index is 12.6. The van der Waals surface area contributed by atoms with E-state index in [1.165, 1.54) is 18.5 Å². The van der Waals surface area contributed by atoms with Crippen molar-refractivity contribution in [3.05, 3.63) is 58.1 Å². The average Bonchev–Trinajstić information content (AvgIpc) is 2.45. The molecule has 2 aromatic rings. The van der Waals surface area contributed by atoms with Crippen molar-refractivity contribution in [3.8, 4) is 0 Å². The Labute approximate surface area is 119 Å². The minimum atomic E-state index is -0.604. The number of halogens is 3. The van der Waals surface area contributed by atoms with Crippen molar-refractivity contribution >= 4 is 11.6 Å². The summed E-state index contributed by atoms with van der Waals surface area (Å²) in [6.45, 7) is 1.20. The zero-order valence-corrected chi connectivity index (χ0v) is 11.4. The molecule has 0 atom stereocenters. The summed E-state index contributed by atoms with van der Waals surface area (Å²) in [4.78, 5) is 7.19. The molecule has 7 heteroatoms. The quantitative estimate of drug-likeness (QED) is 0.836. The second-order valence-electron chi connectivity index (χ2n) is 3.84. The van der Waals surface area contributed by atoms with Crippen LogP contribution in [-0.4, -0.2) is 20.2 Å². The van der Waals surface area contributed by atoms with Crippen molar-refractivity contribution < 1.29 is 19.0 Å². The third-order valence-corrected chi connectivity index (χ3v) is 2.58. The van der Waals surface area contributed by atoms with Crippen LogP contribution in [0.3, 0.4) is 0 Å². The van der Waals surface area contributed by atoms with Gasteiger partial charge in [0.05, 0.1) is 18.9 Å². The van der Waals surface area contributed by atoms with E-state index >= 15 is 0 Å². The van der Waals surface area contributed by atoms with E-state index in [2.05, 4.69) is 9.97 Å². The summed E-state index contributed by atoms with van der Waals surface area (Å²) >= 11 is 5.27. The Bertz CT molecular complexity index is 531. The van der Waals surface area contributed by atoms with E-state index in [0.29, 0.717) is 16.8 Å². The molecule has 2 rings (SSSR count). The summed E-state index contributed by atoms with van der Waals surface area (Å²) in [7, 11) is 0. The lowest BCUT2D eigenvalue weighted by molar-refractivity contribution is 0.280. The van der Waals surface area contributed by atoms with Gasteiger partial charge in [0.2, 0.25) is 0 Å². The van der Waals surface area contributed by atoms with Crippen molar-refractivity contribution in [2.75, 3.05) is 0 Å². The van der Waals surface area contributed by atoms with E-state index in [1.54, 1.807) is 6.92 Å². The first-order valence-electron chi connectivity index (χ1n) is 5.60. The molecular weight excluding hydrogens is 290 g/mol. The number of aliphatic hydroxyl groups is 2. The summed E-state index contributed by atoms with van der Waals surface area (Å²) in [6, 6.07) is 2.43. The Balaban J connectivity index is 0.000000200. The monoisotopic (exact) mass is 302 g/mol. The minimum Gasteiger partial charge on any atom is -0.392 e. The van der Waals surface area contributed by atoms with Crippen molar-refractivity contribution in [1.29, 1.82) is 0 Å². The molecular formula is C13H13ClF2N2O2. The zero-order chi connectivity index (χ0) is 15.1. The Morgan fingerprint density at radius 1 is 1.00 bits per heavy atom. The molecule has 2 aromatic heterocycles. The number of pyridine rings is 2. The Morgan fingerprint density at radius 2 is 1.50 bits per heavy atom. The van der Waals surface area contributed by atoms with Gasteiger partial charge in [-0.2, -0.15) is 0 Å². The molecule has 0 spiro atoms. The summed E-state index contributed by atoms with van der Waals surface area (Å²) in [5, 5.41) is 16.9. The summed E-state index contributed by atoms with van der Waals surface area (Å²) in [5.74, 6) is -0.972. The van der Waals surface area contributed by atoms with Gasteiger partial charge in [0.15, 0.2) is 11.0 Å². The predicted molar refractivity (Wildman–Crippen MR) is 70.0 cm³/mol. The molecule has 0 saturated heterocycles. The molecule has 20 heavy (non-hydrogen) atoms. The van der Waals surface area contributed by atoms with Crippen molar-refractivity contribution in [1.82, 2.24) is 9.97 Å². The summed E-state index contributed by atoms with van der Waals surface area (Å²) in [6.07, 6.45) is 2.78. The van der Waals surface area contributed by atoms with Crippen molar-refractivity contribution in [3.63, 3.8) is 0 Å². The highest BCUT2D eigenvalue weighted by Gasteiger charge is 2.00. The number of nitrogens with zero attached hydrogens (tertiary/aromatic N) is 2. The van der Waals surface area contributed by atoms with Crippen LogP contribution in [0.2, 0.25) is 5.15 Å². The van der Waals surface area contributed by atoms with E-state index < -0.39 is 5.82 Å². The molecule has 0 aliphatic rings. The van der Waals surface area contributed by atoms with E-state index in [1.807, 2.05) is 0 Å². The van der Waals surface area contributed by atoms with Crippen LogP contribution in [0.15, 0.2) is 24.5 Å². The van der Waals surface area contributed by atoms with Crippen LogP contribution < -0.4 is 0 Å². The van der Waals surface area contributed by atoms with Crippen LogP contribution >= 0.6 is 11.6 Å². The van der Waals surface area contributed by atoms with Gasteiger partial charge in [0.1, 0.15) is 5.82 Å². The second kappa shape index (κ2) is 7.84. The molecule has 0 fully saturated rings. The third kappa shape index (κ3) is 4.80. The fourth-order valence-corrected chi connectivity index (χ4v) is 1.28. The van der Waals surface area contributed by atoms with Gasteiger partial charge in [0.25, 0.3) is 0 Å².